The Morgan fingerprint density at radius 3 is 2.69 bits per heavy atom. The van der Waals surface area contributed by atoms with Crippen LogP contribution in [0, 0.1) is 0 Å². The standard InChI is InChI=1S/C19H18N2O4S/c22-18-17(26-19(23)21-18)9-12-5-7-13(8-6-12)24-11-14-10-20-15-3-1-2-4-16(15)25-14/h1-8,14,17,20H,9-11H2,(H,21,22,23). The SMILES string of the molecule is O=C1NC(=O)C(Cc2ccc(OCC3CNc4ccccc4O3)cc2)S1. The molecule has 2 aliphatic rings. The highest BCUT2D eigenvalue weighted by Gasteiger charge is 2.31. The lowest BCUT2D eigenvalue weighted by atomic mass is 10.1. The van der Waals surface area contributed by atoms with Gasteiger partial charge in [-0.2, -0.15) is 0 Å². The minimum absolute atomic E-state index is 0.0610. The Morgan fingerprint density at radius 2 is 1.92 bits per heavy atom. The second-order valence-electron chi connectivity index (χ2n) is 6.16. The first kappa shape index (κ1) is 16.8. The Bertz CT molecular complexity index is 825. The van der Waals surface area contributed by atoms with E-state index in [9.17, 15) is 9.59 Å². The van der Waals surface area contributed by atoms with Gasteiger partial charge < -0.3 is 14.8 Å². The molecule has 6 nitrogen and oxygen atoms in total. The van der Waals surface area contributed by atoms with Crippen LogP contribution in [0.5, 0.6) is 11.5 Å². The van der Waals surface area contributed by atoms with Crippen LogP contribution < -0.4 is 20.1 Å². The van der Waals surface area contributed by atoms with E-state index in [1.54, 1.807) is 0 Å². The van der Waals surface area contributed by atoms with Crippen LogP contribution >= 0.6 is 11.8 Å². The number of imide groups is 1. The van der Waals surface area contributed by atoms with Crippen molar-refractivity contribution in [3.8, 4) is 11.5 Å². The van der Waals surface area contributed by atoms with E-state index in [0.29, 0.717) is 19.6 Å². The van der Waals surface area contributed by atoms with Crippen LogP contribution in [0.25, 0.3) is 0 Å². The predicted octanol–water partition coefficient (Wildman–Crippen LogP) is 2.83. The summed E-state index contributed by atoms with van der Waals surface area (Å²) in [5, 5.41) is 5.01. The summed E-state index contributed by atoms with van der Waals surface area (Å²) in [6.07, 6.45) is 0.462. The van der Waals surface area contributed by atoms with Crippen molar-refractivity contribution in [3.05, 3.63) is 54.1 Å². The number of para-hydroxylation sites is 2. The summed E-state index contributed by atoms with van der Waals surface area (Å²) in [4.78, 5) is 22.8. The fourth-order valence-electron chi connectivity index (χ4n) is 2.91. The molecule has 2 unspecified atom stereocenters. The molecule has 2 N–H and O–H groups in total. The molecule has 1 fully saturated rings. The number of rotatable bonds is 5. The Hall–Kier alpha value is -2.67. The number of fused-ring (bicyclic) bond motifs is 1. The van der Waals surface area contributed by atoms with Crippen LogP contribution in [0.3, 0.4) is 0 Å². The van der Waals surface area contributed by atoms with Gasteiger partial charge in [0.2, 0.25) is 5.91 Å². The van der Waals surface area contributed by atoms with Gasteiger partial charge in [-0.05, 0) is 36.2 Å². The average molecular weight is 370 g/mol. The smallest absolute Gasteiger partial charge is 0.286 e. The summed E-state index contributed by atoms with van der Waals surface area (Å²) < 4.78 is 11.7. The fraction of sp³-hybridized carbons (Fsp3) is 0.263. The van der Waals surface area contributed by atoms with Gasteiger partial charge in [-0.3, -0.25) is 14.9 Å². The van der Waals surface area contributed by atoms with Gasteiger partial charge in [0, 0.05) is 0 Å². The molecular weight excluding hydrogens is 352 g/mol. The lowest BCUT2D eigenvalue weighted by Crippen LogP contribution is -2.35. The zero-order valence-electron chi connectivity index (χ0n) is 13.9. The summed E-state index contributed by atoms with van der Waals surface area (Å²) in [5.41, 5.74) is 1.99. The zero-order valence-corrected chi connectivity index (χ0v) is 14.8. The molecule has 0 spiro atoms. The Kier molecular flexibility index (Phi) is 4.71. The van der Waals surface area contributed by atoms with Crippen LogP contribution in [-0.4, -0.2) is 35.7 Å². The van der Waals surface area contributed by atoms with E-state index in [0.717, 1.165) is 34.5 Å². The summed E-state index contributed by atoms with van der Waals surface area (Å²) in [7, 11) is 0. The van der Waals surface area contributed by atoms with Crippen molar-refractivity contribution in [1.82, 2.24) is 5.32 Å². The highest BCUT2D eigenvalue weighted by Crippen LogP contribution is 2.28. The molecule has 2 atom stereocenters. The molecule has 0 saturated carbocycles. The summed E-state index contributed by atoms with van der Waals surface area (Å²) in [6.45, 7) is 1.13. The number of hydrogen-bond acceptors (Lipinski definition) is 6. The quantitative estimate of drug-likeness (QED) is 0.843. The molecule has 0 bridgehead atoms. The summed E-state index contributed by atoms with van der Waals surface area (Å²) in [5.74, 6) is 1.36. The third-order valence-corrected chi connectivity index (χ3v) is 5.23. The molecule has 2 aliphatic heterocycles. The highest BCUT2D eigenvalue weighted by molar-refractivity contribution is 8.15. The van der Waals surface area contributed by atoms with E-state index < -0.39 is 0 Å². The Labute approximate surface area is 155 Å². The first-order valence-electron chi connectivity index (χ1n) is 8.40. The minimum atomic E-state index is -0.351. The second-order valence-corrected chi connectivity index (χ2v) is 7.33. The van der Waals surface area contributed by atoms with Gasteiger partial charge in [-0.25, -0.2) is 0 Å². The monoisotopic (exact) mass is 370 g/mol. The first-order valence-corrected chi connectivity index (χ1v) is 9.28. The topological polar surface area (TPSA) is 76.7 Å². The Morgan fingerprint density at radius 1 is 1.12 bits per heavy atom. The predicted molar refractivity (Wildman–Crippen MR) is 99.9 cm³/mol. The maximum atomic E-state index is 11.6. The number of amides is 2. The maximum Gasteiger partial charge on any atom is 0.286 e. The Balaban J connectivity index is 1.30. The third-order valence-electron chi connectivity index (χ3n) is 4.25. The van der Waals surface area contributed by atoms with Gasteiger partial charge in [0.15, 0.2) is 0 Å². The van der Waals surface area contributed by atoms with Crippen molar-refractivity contribution in [1.29, 1.82) is 0 Å². The fourth-order valence-corrected chi connectivity index (χ4v) is 3.77. The van der Waals surface area contributed by atoms with Crippen molar-refractivity contribution in [2.75, 3.05) is 18.5 Å². The maximum absolute atomic E-state index is 11.6. The zero-order chi connectivity index (χ0) is 17.9. The van der Waals surface area contributed by atoms with Gasteiger partial charge in [-0.1, -0.05) is 36.0 Å². The van der Waals surface area contributed by atoms with Crippen LogP contribution in [0.4, 0.5) is 10.5 Å². The average Bonchev–Trinajstić information content (AvgIpc) is 2.98. The molecule has 0 aliphatic carbocycles. The molecule has 7 heteroatoms. The lowest BCUT2D eigenvalue weighted by molar-refractivity contribution is -0.118. The first-order chi connectivity index (χ1) is 12.7. The van der Waals surface area contributed by atoms with Crippen molar-refractivity contribution in [2.45, 2.75) is 17.8 Å². The van der Waals surface area contributed by atoms with E-state index in [1.807, 2.05) is 48.5 Å². The molecule has 0 aromatic heterocycles. The summed E-state index contributed by atoms with van der Waals surface area (Å²) >= 11 is 1.04. The van der Waals surface area contributed by atoms with E-state index in [2.05, 4.69) is 10.6 Å². The number of nitrogens with one attached hydrogen (secondary N) is 2. The molecule has 2 aromatic rings. The van der Waals surface area contributed by atoms with E-state index in [-0.39, 0.29) is 22.5 Å². The van der Waals surface area contributed by atoms with Crippen LogP contribution in [0.1, 0.15) is 5.56 Å². The highest BCUT2D eigenvalue weighted by atomic mass is 32.2. The lowest BCUT2D eigenvalue weighted by Gasteiger charge is -2.27. The summed E-state index contributed by atoms with van der Waals surface area (Å²) in [6, 6.07) is 15.4. The number of hydrogen-bond donors (Lipinski definition) is 2. The largest absolute Gasteiger partial charge is 0.490 e. The van der Waals surface area contributed by atoms with Crippen molar-refractivity contribution in [3.63, 3.8) is 0 Å². The second kappa shape index (κ2) is 7.29. The van der Waals surface area contributed by atoms with Gasteiger partial charge in [0.25, 0.3) is 5.24 Å². The number of benzene rings is 2. The van der Waals surface area contributed by atoms with Crippen LogP contribution in [0.15, 0.2) is 48.5 Å². The third kappa shape index (κ3) is 3.77. The number of thioether (sulfide) groups is 1. The van der Waals surface area contributed by atoms with Crippen molar-refractivity contribution < 1.29 is 19.1 Å². The molecule has 26 heavy (non-hydrogen) atoms. The number of carbonyl (C=O) groups excluding carboxylic acids is 2. The van der Waals surface area contributed by atoms with Gasteiger partial charge in [0.05, 0.1) is 17.5 Å². The molecule has 1 saturated heterocycles. The normalized spacial score (nSPS) is 21.4. The van der Waals surface area contributed by atoms with Crippen molar-refractivity contribution in [2.24, 2.45) is 0 Å². The van der Waals surface area contributed by atoms with E-state index in [4.69, 9.17) is 9.47 Å². The van der Waals surface area contributed by atoms with E-state index >= 15 is 0 Å². The molecule has 2 heterocycles. The molecule has 4 rings (SSSR count). The number of carbonyl (C=O) groups is 2. The molecule has 0 radical (unpaired) electrons. The van der Waals surface area contributed by atoms with Crippen LogP contribution in [-0.2, 0) is 11.2 Å². The van der Waals surface area contributed by atoms with Crippen LogP contribution in [0.2, 0.25) is 0 Å². The van der Waals surface area contributed by atoms with Gasteiger partial charge in [0.1, 0.15) is 24.2 Å². The van der Waals surface area contributed by atoms with E-state index in [1.165, 1.54) is 0 Å². The number of ether oxygens (including phenoxy) is 2. The minimum Gasteiger partial charge on any atom is -0.490 e. The van der Waals surface area contributed by atoms with Gasteiger partial charge >= 0.3 is 0 Å². The van der Waals surface area contributed by atoms with Gasteiger partial charge in [-0.15, -0.1) is 0 Å². The molecular formula is C19H18N2O4S. The molecule has 2 amide bonds. The van der Waals surface area contributed by atoms with Crippen molar-refractivity contribution >= 4 is 28.6 Å². The molecule has 134 valence electrons. The number of anilines is 1. The molecule has 2 aromatic carbocycles.